The SMILES string of the molecule is Cc1cc(C)c(C)c(OCC(=O)Nc2ccc(-c3ccc(N4CCC(C)CC4)nn3)cc2)c1. The number of carbonyl (C=O) groups is 1. The third-order valence-corrected chi connectivity index (χ3v) is 6.35. The van der Waals surface area contributed by atoms with Crippen LogP contribution in [-0.2, 0) is 4.79 Å². The number of anilines is 2. The van der Waals surface area contributed by atoms with Gasteiger partial charge < -0.3 is 15.0 Å². The van der Waals surface area contributed by atoms with E-state index >= 15 is 0 Å². The van der Waals surface area contributed by atoms with Crippen molar-refractivity contribution < 1.29 is 9.53 Å². The molecule has 6 nitrogen and oxygen atoms in total. The number of ether oxygens (including phenoxy) is 1. The van der Waals surface area contributed by atoms with Crippen LogP contribution in [0.25, 0.3) is 11.3 Å². The average Bonchev–Trinajstić information content (AvgIpc) is 2.81. The molecule has 0 spiro atoms. The molecular weight excluding hydrogens is 412 g/mol. The van der Waals surface area contributed by atoms with Gasteiger partial charge in [0.25, 0.3) is 5.91 Å². The number of hydrogen-bond acceptors (Lipinski definition) is 5. The van der Waals surface area contributed by atoms with Gasteiger partial charge in [0, 0.05) is 24.3 Å². The summed E-state index contributed by atoms with van der Waals surface area (Å²) in [4.78, 5) is 14.7. The molecule has 0 aliphatic carbocycles. The predicted octanol–water partition coefficient (Wildman–Crippen LogP) is 5.32. The maximum atomic E-state index is 12.4. The van der Waals surface area contributed by atoms with Crippen molar-refractivity contribution in [2.45, 2.75) is 40.5 Å². The maximum absolute atomic E-state index is 12.4. The number of rotatable bonds is 6. The minimum atomic E-state index is -0.193. The molecule has 1 N–H and O–H groups in total. The highest BCUT2D eigenvalue weighted by atomic mass is 16.5. The fourth-order valence-electron chi connectivity index (χ4n) is 4.10. The molecule has 6 heteroatoms. The second-order valence-corrected chi connectivity index (χ2v) is 9.07. The lowest BCUT2D eigenvalue weighted by atomic mass is 9.99. The Bertz CT molecular complexity index is 1100. The van der Waals surface area contributed by atoms with E-state index in [0.29, 0.717) is 0 Å². The summed E-state index contributed by atoms with van der Waals surface area (Å²) in [5.41, 5.74) is 5.82. The van der Waals surface area contributed by atoms with Crippen LogP contribution in [0.5, 0.6) is 5.75 Å². The summed E-state index contributed by atoms with van der Waals surface area (Å²) >= 11 is 0. The molecular formula is C27H32N4O2. The number of aryl methyl sites for hydroxylation is 2. The van der Waals surface area contributed by atoms with Crippen LogP contribution in [-0.4, -0.2) is 35.8 Å². The van der Waals surface area contributed by atoms with Gasteiger partial charge in [-0.25, -0.2) is 0 Å². The van der Waals surface area contributed by atoms with Gasteiger partial charge in [-0.3, -0.25) is 4.79 Å². The fourth-order valence-corrected chi connectivity index (χ4v) is 4.10. The van der Waals surface area contributed by atoms with E-state index in [2.05, 4.69) is 33.4 Å². The lowest BCUT2D eigenvalue weighted by Crippen LogP contribution is -2.33. The third kappa shape index (κ3) is 5.69. The van der Waals surface area contributed by atoms with E-state index in [1.54, 1.807) is 0 Å². The minimum absolute atomic E-state index is 0.0340. The van der Waals surface area contributed by atoms with Crippen molar-refractivity contribution in [1.82, 2.24) is 10.2 Å². The Morgan fingerprint density at radius 1 is 1.03 bits per heavy atom. The van der Waals surface area contributed by atoms with Crippen molar-refractivity contribution in [3.05, 3.63) is 65.2 Å². The summed E-state index contributed by atoms with van der Waals surface area (Å²) in [5.74, 6) is 2.28. The minimum Gasteiger partial charge on any atom is -0.483 e. The lowest BCUT2D eigenvalue weighted by Gasteiger charge is -2.30. The molecule has 0 radical (unpaired) electrons. The van der Waals surface area contributed by atoms with Crippen molar-refractivity contribution in [2.24, 2.45) is 5.92 Å². The summed E-state index contributed by atoms with van der Waals surface area (Å²) in [6.07, 6.45) is 2.40. The second kappa shape index (κ2) is 10.0. The van der Waals surface area contributed by atoms with Crippen molar-refractivity contribution in [3.8, 4) is 17.0 Å². The van der Waals surface area contributed by atoms with E-state index < -0.39 is 0 Å². The van der Waals surface area contributed by atoms with Crippen molar-refractivity contribution in [1.29, 1.82) is 0 Å². The van der Waals surface area contributed by atoms with Gasteiger partial charge in [0.2, 0.25) is 0 Å². The van der Waals surface area contributed by atoms with E-state index in [1.807, 2.05) is 63.2 Å². The molecule has 0 saturated carbocycles. The fraction of sp³-hybridized carbons (Fsp3) is 0.370. The molecule has 1 aromatic heterocycles. The Morgan fingerprint density at radius 3 is 2.42 bits per heavy atom. The highest BCUT2D eigenvalue weighted by molar-refractivity contribution is 5.92. The molecule has 3 aromatic rings. The quantitative estimate of drug-likeness (QED) is 0.557. The molecule has 1 saturated heterocycles. The molecule has 2 aromatic carbocycles. The molecule has 1 fully saturated rings. The Labute approximate surface area is 196 Å². The van der Waals surface area contributed by atoms with Gasteiger partial charge in [-0.15, -0.1) is 10.2 Å². The first-order valence-corrected chi connectivity index (χ1v) is 11.6. The number of hydrogen-bond donors (Lipinski definition) is 1. The van der Waals surface area contributed by atoms with E-state index in [1.165, 1.54) is 12.8 Å². The monoisotopic (exact) mass is 444 g/mol. The maximum Gasteiger partial charge on any atom is 0.262 e. The van der Waals surface area contributed by atoms with E-state index in [4.69, 9.17) is 4.74 Å². The average molecular weight is 445 g/mol. The number of aromatic nitrogens is 2. The molecule has 1 aliphatic rings. The Balaban J connectivity index is 1.33. The lowest BCUT2D eigenvalue weighted by molar-refractivity contribution is -0.118. The third-order valence-electron chi connectivity index (χ3n) is 6.35. The number of nitrogens with one attached hydrogen (secondary N) is 1. The summed E-state index contributed by atoms with van der Waals surface area (Å²) in [7, 11) is 0. The van der Waals surface area contributed by atoms with E-state index in [-0.39, 0.29) is 12.5 Å². The van der Waals surface area contributed by atoms with Gasteiger partial charge in [0.05, 0.1) is 5.69 Å². The zero-order valence-electron chi connectivity index (χ0n) is 19.9. The molecule has 0 atom stereocenters. The van der Waals surface area contributed by atoms with Gasteiger partial charge in [-0.2, -0.15) is 0 Å². The number of piperidine rings is 1. The Hall–Kier alpha value is -3.41. The van der Waals surface area contributed by atoms with Crippen molar-refractivity contribution in [2.75, 3.05) is 29.9 Å². The Kier molecular flexibility index (Phi) is 6.92. The first-order chi connectivity index (χ1) is 15.9. The van der Waals surface area contributed by atoms with E-state index in [9.17, 15) is 4.79 Å². The smallest absolute Gasteiger partial charge is 0.262 e. The van der Waals surface area contributed by atoms with Crippen LogP contribution in [0.3, 0.4) is 0 Å². The molecule has 1 aliphatic heterocycles. The van der Waals surface area contributed by atoms with Crippen LogP contribution in [0.1, 0.15) is 36.5 Å². The second-order valence-electron chi connectivity index (χ2n) is 9.07. The van der Waals surface area contributed by atoms with E-state index in [0.717, 1.165) is 64.2 Å². The molecule has 33 heavy (non-hydrogen) atoms. The first-order valence-electron chi connectivity index (χ1n) is 11.6. The highest BCUT2D eigenvalue weighted by Crippen LogP contribution is 2.25. The molecule has 4 rings (SSSR count). The summed E-state index contributed by atoms with van der Waals surface area (Å²) in [6.45, 7) is 10.4. The van der Waals surface area contributed by atoms with Crippen LogP contribution >= 0.6 is 0 Å². The van der Waals surface area contributed by atoms with Gasteiger partial charge in [0.1, 0.15) is 5.75 Å². The predicted molar refractivity (Wildman–Crippen MR) is 133 cm³/mol. The Morgan fingerprint density at radius 2 is 1.76 bits per heavy atom. The molecule has 172 valence electrons. The molecule has 1 amide bonds. The normalized spacial score (nSPS) is 14.2. The van der Waals surface area contributed by atoms with Gasteiger partial charge in [0.15, 0.2) is 12.4 Å². The van der Waals surface area contributed by atoms with Crippen LogP contribution in [0.2, 0.25) is 0 Å². The first kappa shape index (κ1) is 22.8. The van der Waals surface area contributed by atoms with Gasteiger partial charge >= 0.3 is 0 Å². The van der Waals surface area contributed by atoms with Gasteiger partial charge in [-0.05, 0) is 86.6 Å². The number of nitrogens with zero attached hydrogens (tertiary/aromatic N) is 3. The standard InChI is InChI=1S/C27H32N4O2/c1-18-11-13-31(14-12-18)26-10-9-24(29-30-26)22-5-7-23(8-6-22)28-27(32)17-33-25-16-19(2)15-20(3)21(25)4/h5-10,15-16,18H,11-14,17H2,1-4H3,(H,28,32). The zero-order valence-corrected chi connectivity index (χ0v) is 19.9. The number of carbonyl (C=O) groups excluding carboxylic acids is 1. The topological polar surface area (TPSA) is 67.3 Å². The van der Waals surface area contributed by atoms with Crippen molar-refractivity contribution in [3.63, 3.8) is 0 Å². The number of benzene rings is 2. The summed E-state index contributed by atoms with van der Waals surface area (Å²) < 4.78 is 5.76. The molecule has 2 heterocycles. The molecule has 0 bridgehead atoms. The number of amides is 1. The van der Waals surface area contributed by atoms with Crippen LogP contribution in [0.4, 0.5) is 11.5 Å². The summed E-state index contributed by atoms with van der Waals surface area (Å²) in [6, 6.07) is 15.7. The molecule has 0 unspecified atom stereocenters. The van der Waals surface area contributed by atoms with Gasteiger partial charge in [-0.1, -0.05) is 25.1 Å². The highest BCUT2D eigenvalue weighted by Gasteiger charge is 2.17. The van der Waals surface area contributed by atoms with Crippen molar-refractivity contribution >= 4 is 17.4 Å². The summed E-state index contributed by atoms with van der Waals surface area (Å²) in [5, 5.41) is 11.7. The zero-order chi connectivity index (χ0) is 23.4. The largest absolute Gasteiger partial charge is 0.483 e. The van der Waals surface area contributed by atoms with Crippen LogP contribution in [0, 0.1) is 26.7 Å². The van der Waals surface area contributed by atoms with Crippen LogP contribution in [0.15, 0.2) is 48.5 Å². The van der Waals surface area contributed by atoms with Crippen LogP contribution < -0.4 is 15.0 Å².